The maximum absolute atomic E-state index is 11.6. The van der Waals surface area contributed by atoms with Gasteiger partial charge in [-0.3, -0.25) is 9.69 Å². The van der Waals surface area contributed by atoms with Gasteiger partial charge in [0.15, 0.2) is 0 Å². The molecule has 0 aromatic carbocycles. The summed E-state index contributed by atoms with van der Waals surface area (Å²) in [6.07, 6.45) is 5.88. The molecule has 0 amide bonds. The van der Waals surface area contributed by atoms with Crippen molar-refractivity contribution < 1.29 is 9.53 Å². The molecule has 2 heterocycles. The predicted octanol–water partition coefficient (Wildman–Crippen LogP) is 1.86. The fraction of sp³-hybridized carbons (Fsp3) is 0.923. The predicted molar refractivity (Wildman–Crippen MR) is 63.4 cm³/mol. The van der Waals surface area contributed by atoms with Crippen molar-refractivity contribution in [2.45, 2.75) is 45.1 Å². The van der Waals surface area contributed by atoms with Crippen LogP contribution in [-0.4, -0.2) is 43.0 Å². The van der Waals surface area contributed by atoms with Gasteiger partial charge in [-0.1, -0.05) is 6.42 Å². The SMILES string of the molecule is CC(=O)C1CCCCN1CC1CCOCC1. The van der Waals surface area contributed by atoms with Gasteiger partial charge in [0.05, 0.1) is 6.04 Å². The Balaban J connectivity index is 1.87. The van der Waals surface area contributed by atoms with E-state index < -0.39 is 0 Å². The zero-order valence-electron chi connectivity index (χ0n) is 10.3. The lowest BCUT2D eigenvalue weighted by molar-refractivity contribution is -0.123. The number of piperidine rings is 1. The first-order chi connectivity index (χ1) is 7.77. The second-order valence-electron chi connectivity index (χ2n) is 5.17. The maximum atomic E-state index is 11.6. The number of hydrogen-bond acceptors (Lipinski definition) is 3. The van der Waals surface area contributed by atoms with Crippen molar-refractivity contribution in [2.75, 3.05) is 26.3 Å². The van der Waals surface area contributed by atoms with E-state index in [1.807, 2.05) is 0 Å². The van der Waals surface area contributed by atoms with Crippen molar-refractivity contribution in [3.63, 3.8) is 0 Å². The first-order valence-electron chi connectivity index (χ1n) is 6.59. The van der Waals surface area contributed by atoms with Gasteiger partial charge in [-0.05, 0) is 45.1 Å². The molecule has 2 saturated heterocycles. The minimum Gasteiger partial charge on any atom is -0.381 e. The van der Waals surface area contributed by atoms with Crippen LogP contribution in [0.4, 0.5) is 0 Å². The monoisotopic (exact) mass is 225 g/mol. The lowest BCUT2D eigenvalue weighted by atomic mass is 9.94. The Morgan fingerprint density at radius 2 is 2.00 bits per heavy atom. The minimum absolute atomic E-state index is 0.205. The van der Waals surface area contributed by atoms with Crippen LogP contribution in [-0.2, 0) is 9.53 Å². The van der Waals surface area contributed by atoms with E-state index in [4.69, 9.17) is 4.74 Å². The Hall–Kier alpha value is -0.410. The van der Waals surface area contributed by atoms with Gasteiger partial charge in [0.2, 0.25) is 0 Å². The van der Waals surface area contributed by atoms with Crippen molar-refractivity contribution >= 4 is 5.78 Å². The first-order valence-corrected chi connectivity index (χ1v) is 6.59. The fourth-order valence-corrected chi connectivity index (χ4v) is 2.93. The van der Waals surface area contributed by atoms with Crippen molar-refractivity contribution in [2.24, 2.45) is 5.92 Å². The van der Waals surface area contributed by atoms with E-state index in [0.29, 0.717) is 5.78 Å². The molecule has 2 fully saturated rings. The normalized spacial score (nSPS) is 29.2. The summed E-state index contributed by atoms with van der Waals surface area (Å²) in [6, 6.07) is 0.205. The Kier molecular flexibility index (Phi) is 4.36. The number of nitrogens with zero attached hydrogens (tertiary/aromatic N) is 1. The first kappa shape index (κ1) is 12.1. The summed E-state index contributed by atoms with van der Waals surface area (Å²) in [7, 11) is 0. The van der Waals surface area contributed by atoms with Crippen LogP contribution in [0.2, 0.25) is 0 Å². The smallest absolute Gasteiger partial charge is 0.146 e. The Bertz CT molecular complexity index is 236. The second-order valence-corrected chi connectivity index (χ2v) is 5.17. The zero-order chi connectivity index (χ0) is 11.4. The van der Waals surface area contributed by atoms with E-state index in [-0.39, 0.29) is 6.04 Å². The number of hydrogen-bond donors (Lipinski definition) is 0. The quantitative estimate of drug-likeness (QED) is 0.734. The summed E-state index contributed by atoms with van der Waals surface area (Å²) in [6.45, 7) is 5.77. The molecular weight excluding hydrogens is 202 g/mol. The number of likely N-dealkylation sites (tertiary alicyclic amines) is 1. The summed E-state index contributed by atoms with van der Waals surface area (Å²) in [5.74, 6) is 1.10. The molecule has 0 aliphatic carbocycles. The summed E-state index contributed by atoms with van der Waals surface area (Å²) in [5.41, 5.74) is 0. The van der Waals surface area contributed by atoms with E-state index in [1.54, 1.807) is 6.92 Å². The van der Waals surface area contributed by atoms with Gasteiger partial charge < -0.3 is 4.74 Å². The van der Waals surface area contributed by atoms with Gasteiger partial charge in [0.1, 0.15) is 5.78 Å². The third-order valence-electron chi connectivity index (χ3n) is 3.92. The molecule has 0 saturated carbocycles. The molecule has 1 atom stereocenters. The Morgan fingerprint density at radius 3 is 2.69 bits per heavy atom. The maximum Gasteiger partial charge on any atom is 0.146 e. The van der Waals surface area contributed by atoms with E-state index >= 15 is 0 Å². The van der Waals surface area contributed by atoms with Gasteiger partial charge in [0, 0.05) is 19.8 Å². The van der Waals surface area contributed by atoms with Gasteiger partial charge in [-0.2, -0.15) is 0 Å². The van der Waals surface area contributed by atoms with Crippen LogP contribution < -0.4 is 0 Å². The topological polar surface area (TPSA) is 29.5 Å². The van der Waals surface area contributed by atoms with Crippen LogP contribution >= 0.6 is 0 Å². The van der Waals surface area contributed by atoms with Crippen molar-refractivity contribution in [1.29, 1.82) is 0 Å². The van der Waals surface area contributed by atoms with Crippen LogP contribution in [0.5, 0.6) is 0 Å². The second kappa shape index (κ2) is 5.78. The Morgan fingerprint density at radius 1 is 1.25 bits per heavy atom. The molecule has 2 aliphatic heterocycles. The molecule has 0 aromatic heterocycles. The van der Waals surface area contributed by atoms with Crippen LogP contribution in [0.1, 0.15) is 39.0 Å². The molecule has 0 bridgehead atoms. The average Bonchev–Trinajstić information content (AvgIpc) is 2.31. The van der Waals surface area contributed by atoms with Crippen molar-refractivity contribution in [1.82, 2.24) is 4.90 Å². The number of rotatable bonds is 3. The van der Waals surface area contributed by atoms with Gasteiger partial charge in [0.25, 0.3) is 0 Å². The molecule has 3 heteroatoms. The summed E-state index contributed by atoms with van der Waals surface area (Å²) in [5, 5.41) is 0. The number of carbonyl (C=O) groups excluding carboxylic acids is 1. The van der Waals surface area contributed by atoms with E-state index in [9.17, 15) is 4.79 Å². The highest BCUT2D eigenvalue weighted by atomic mass is 16.5. The molecule has 0 spiro atoms. The zero-order valence-corrected chi connectivity index (χ0v) is 10.3. The fourth-order valence-electron chi connectivity index (χ4n) is 2.93. The van der Waals surface area contributed by atoms with Crippen LogP contribution in [0.3, 0.4) is 0 Å². The summed E-state index contributed by atoms with van der Waals surface area (Å²) in [4.78, 5) is 14.0. The third-order valence-corrected chi connectivity index (χ3v) is 3.92. The van der Waals surface area contributed by atoms with E-state index in [2.05, 4.69) is 4.90 Å². The number of ketones is 1. The highest BCUT2D eigenvalue weighted by molar-refractivity contribution is 5.81. The lowest BCUT2D eigenvalue weighted by Gasteiger charge is -2.37. The molecule has 2 aliphatic rings. The van der Waals surface area contributed by atoms with Crippen molar-refractivity contribution in [3.05, 3.63) is 0 Å². The number of Topliss-reactive ketones (excluding diaryl/α,β-unsaturated/α-hetero) is 1. The van der Waals surface area contributed by atoms with Gasteiger partial charge in [-0.25, -0.2) is 0 Å². The molecule has 92 valence electrons. The molecule has 0 radical (unpaired) electrons. The third kappa shape index (κ3) is 3.05. The Labute approximate surface area is 98.1 Å². The summed E-state index contributed by atoms with van der Waals surface area (Å²) < 4.78 is 5.38. The van der Waals surface area contributed by atoms with Crippen molar-refractivity contribution in [3.8, 4) is 0 Å². The molecule has 2 rings (SSSR count). The van der Waals surface area contributed by atoms with Gasteiger partial charge >= 0.3 is 0 Å². The van der Waals surface area contributed by atoms with Crippen LogP contribution in [0.25, 0.3) is 0 Å². The molecule has 0 aromatic rings. The van der Waals surface area contributed by atoms with Crippen LogP contribution in [0, 0.1) is 5.92 Å². The standard InChI is InChI=1S/C13H23NO2/c1-11(15)13-4-2-3-7-14(13)10-12-5-8-16-9-6-12/h12-13H,2-10H2,1H3. The van der Waals surface area contributed by atoms with E-state index in [0.717, 1.165) is 38.6 Å². The summed E-state index contributed by atoms with van der Waals surface area (Å²) >= 11 is 0. The number of ether oxygens (including phenoxy) is 1. The lowest BCUT2D eigenvalue weighted by Crippen LogP contribution is -2.46. The minimum atomic E-state index is 0.205. The molecule has 3 nitrogen and oxygen atoms in total. The van der Waals surface area contributed by atoms with Crippen LogP contribution in [0.15, 0.2) is 0 Å². The van der Waals surface area contributed by atoms with E-state index in [1.165, 1.54) is 25.7 Å². The molecule has 1 unspecified atom stereocenters. The van der Waals surface area contributed by atoms with Gasteiger partial charge in [-0.15, -0.1) is 0 Å². The largest absolute Gasteiger partial charge is 0.381 e. The highest BCUT2D eigenvalue weighted by Crippen LogP contribution is 2.22. The average molecular weight is 225 g/mol. The molecule has 0 N–H and O–H groups in total. The highest BCUT2D eigenvalue weighted by Gasteiger charge is 2.28. The number of carbonyl (C=O) groups is 1. The molecular formula is C13H23NO2. The molecule has 16 heavy (non-hydrogen) atoms.